The zero-order valence-corrected chi connectivity index (χ0v) is 6.54. The Balaban J connectivity index is 2.34. The molecule has 0 spiro atoms. The van der Waals surface area contributed by atoms with E-state index in [1.54, 1.807) is 12.2 Å². The number of thioether (sulfide) groups is 2. The number of aliphatic hydroxyl groups excluding tert-OH is 1. The number of hydrogen-bond donors (Lipinski definition) is 1. The lowest BCUT2D eigenvalue weighted by molar-refractivity contribution is -0.106. The maximum Gasteiger partial charge on any atom is 0.218 e. The molecule has 1 unspecified atom stereocenters. The van der Waals surface area contributed by atoms with Gasteiger partial charge in [0.1, 0.15) is 5.44 Å². The average molecular weight is 172 g/mol. The van der Waals surface area contributed by atoms with E-state index in [0.29, 0.717) is 0 Å². The summed E-state index contributed by atoms with van der Waals surface area (Å²) in [5.74, 6) is 0. The van der Waals surface area contributed by atoms with E-state index >= 15 is 0 Å². The van der Waals surface area contributed by atoms with E-state index in [2.05, 4.69) is 0 Å². The molecule has 52 valence electrons. The van der Waals surface area contributed by atoms with E-state index < -0.39 is 5.44 Å². The molecule has 0 fully saturated rings. The van der Waals surface area contributed by atoms with Crippen molar-refractivity contribution >= 4 is 28.6 Å². The quantitative estimate of drug-likeness (QED) is 0.593. The normalized spacial score (nSPS) is 30.1. The van der Waals surface area contributed by atoms with E-state index in [9.17, 15) is 4.79 Å². The maximum absolute atomic E-state index is 10.7. The van der Waals surface area contributed by atoms with Crippen LogP contribution in [0.4, 0.5) is 0 Å². The molecule has 0 aromatic rings. The van der Waals surface area contributed by atoms with Crippen LogP contribution in [0, 0.1) is 0 Å². The largest absolute Gasteiger partial charge is 0.378 e. The van der Waals surface area contributed by atoms with Crippen LogP contribution in [0.1, 0.15) is 0 Å². The number of hydrogen-bond acceptors (Lipinski definition) is 4. The minimum absolute atomic E-state index is 0.0700. The van der Waals surface area contributed by atoms with E-state index in [1.807, 2.05) is 0 Å². The first-order valence-electron chi connectivity index (χ1n) is 2.76. The summed E-state index contributed by atoms with van der Waals surface area (Å²) in [5.41, 5.74) is -0.443. The summed E-state index contributed by atoms with van der Waals surface area (Å²) in [5, 5.41) is 9.11. The Kier molecular flexibility index (Phi) is 1.40. The molecular formula is C6H4O2S2. The Morgan fingerprint density at radius 1 is 1.50 bits per heavy atom. The molecule has 1 atom stereocenters. The van der Waals surface area contributed by atoms with Gasteiger partial charge in [-0.1, -0.05) is 11.8 Å². The Morgan fingerprint density at radius 3 is 3.00 bits per heavy atom. The van der Waals surface area contributed by atoms with Gasteiger partial charge >= 0.3 is 0 Å². The Hall–Kier alpha value is -0.190. The van der Waals surface area contributed by atoms with Crippen molar-refractivity contribution in [3.63, 3.8) is 0 Å². The number of carbonyl (C=O) groups excluding carboxylic acids is 1. The molecule has 0 saturated heterocycles. The molecule has 2 aliphatic heterocycles. The van der Waals surface area contributed by atoms with Crippen molar-refractivity contribution in [2.75, 3.05) is 0 Å². The van der Waals surface area contributed by atoms with Crippen LogP contribution in [0.3, 0.4) is 0 Å². The summed E-state index contributed by atoms with van der Waals surface area (Å²) in [6, 6.07) is 0. The lowest BCUT2D eigenvalue weighted by Gasteiger charge is -1.92. The molecule has 0 aromatic carbocycles. The minimum Gasteiger partial charge on any atom is -0.378 e. The molecule has 0 aliphatic carbocycles. The van der Waals surface area contributed by atoms with Gasteiger partial charge in [-0.2, -0.15) is 0 Å². The first-order valence-corrected chi connectivity index (χ1v) is 4.46. The lowest BCUT2D eigenvalue weighted by Crippen LogP contribution is -1.88. The zero-order valence-electron chi connectivity index (χ0n) is 4.90. The molecule has 2 heterocycles. The molecule has 0 aromatic heterocycles. The fourth-order valence-electron chi connectivity index (χ4n) is 0.868. The lowest BCUT2D eigenvalue weighted by atomic mass is 10.4. The summed E-state index contributed by atoms with van der Waals surface area (Å²) >= 11 is 2.51. The van der Waals surface area contributed by atoms with Crippen molar-refractivity contribution in [1.82, 2.24) is 0 Å². The van der Waals surface area contributed by atoms with Gasteiger partial charge in [0.05, 0.1) is 0 Å². The summed E-state index contributed by atoms with van der Waals surface area (Å²) < 4.78 is 0. The highest BCUT2D eigenvalue weighted by atomic mass is 32.2. The molecule has 0 radical (unpaired) electrons. The Bertz CT molecular complexity index is 254. The van der Waals surface area contributed by atoms with Gasteiger partial charge in [0, 0.05) is 15.9 Å². The summed E-state index contributed by atoms with van der Waals surface area (Å²) in [6.07, 6.45) is 3.27. The van der Waals surface area contributed by atoms with Gasteiger partial charge in [-0.15, -0.1) is 0 Å². The van der Waals surface area contributed by atoms with Crippen molar-refractivity contribution in [2.24, 2.45) is 0 Å². The van der Waals surface area contributed by atoms with E-state index in [1.165, 1.54) is 23.5 Å². The highest BCUT2D eigenvalue weighted by Crippen LogP contribution is 2.46. The molecule has 2 nitrogen and oxygen atoms in total. The molecule has 4 heteroatoms. The maximum atomic E-state index is 10.7. The van der Waals surface area contributed by atoms with Gasteiger partial charge in [0.25, 0.3) is 0 Å². The molecule has 0 saturated carbocycles. The van der Waals surface area contributed by atoms with Gasteiger partial charge < -0.3 is 5.11 Å². The molecule has 2 aliphatic rings. The average Bonchev–Trinajstić information content (AvgIpc) is 2.21. The van der Waals surface area contributed by atoms with Crippen LogP contribution in [-0.2, 0) is 4.79 Å². The van der Waals surface area contributed by atoms with Crippen molar-refractivity contribution in [1.29, 1.82) is 0 Å². The second kappa shape index (κ2) is 2.15. The highest BCUT2D eigenvalue weighted by molar-refractivity contribution is 8.20. The van der Waals surface area contributed by atoms with Crippen LogP contribution in [0.5, 0.6) is 0 Å². The van der Waals surface area contributed by atoms with E-state index in [4.69, 9.17) is 5.11 Å². The number of rotatable bonds is 0. The van der Waals surface area contributed by atoms with Crippen molar-refractivity contribution in [3.8, 4) is 0 Å². The monoisotopic (exact) mass is 172 g/mol. The highest BCUT2D eigenvalue weighted by Gasteiger charge is 2.27. The van der Waals surface area contributed by atoms with Crippen LogP contribution >= 0.6 is 23.5 Å². The first kappa shape index (κ1) is 6.52. The standard InChI is InChI=1S/C6H4O2S2/c7-5-1-3-4(10-5)2-6(8)9-3/h1-2,5,7H. The van der Waals surface area contributed by atoms with Crippen LogP contribution in [0.25, 0.3) is 0 Å². The van der Waals surface area contributed by atoms with Crippen LogP contribution < -0.4 is 0 Å². The molecule has 1 N–H and O–H groups in total. The predicted molar refractivity (Wildman–Crippen MR) is 42.4 cm³/mol. The number of fused-ring (bicyclic) bond motifs is 1. The summed E-state index contributed by atoms with van der Waals surface area (Å²) in [7, 11) is 0. The predicted octanol–water partition coefficient (Wildman–Crippen LogP) is 1.09. The van der Waals surface area contributed by atoms with Crippen LogP contribution in [0.2, 0.25) is 0 Å². The second-order valence-corrected chi connectivity index (χ2v) is 4.17. The van der Waals surface area contributed by atoms with Crippen LogP contribution in [-0.4, -0.2) is 15.7 Å². The fourth-order valence-corrected chi connectivity index (χ4v) is 2.87. The van der Waals surface area contributed by atoms with Gasteiger partial charge in [-0.25, -0.2) is 0 Å². The van der Waals surface area contributed by atoms with E-state index in [-0.39, 0.29) is 5.12 Å². The van der Waals surface area contributed by atoms with Gasteiger partial charge in [0.2, 0.25) is 5.12 Å². The molecular weight excluding hydrogens is 168 g/mol. The Morgan fingerprint density at radius 2 is 2.30 bits per heavy atom. The van der Waals surface area contributed by atoms with Crippen molar-refractivity contribution in [2.45, 2.75) is 5.44 Å². The van der Waals surface area contributed by atoms with Gasteiger partial charge in [-0.3, -0.25) is 4.79 Å². The first-order chi connectivity index (χ1) is 4.75. The SMILES string of the molecule is O=C1C=C2SC(O)C=C2S1. The fraction of sp³-hybridized carbons (Fsp3) is 0.167. The van der Waals surface area contributed by atoms with Gasteiger partial charge in [-0.05, 0) is 17.8 Å². The van der Waals surface area contributed by atoms with Crippen LogP contribution in [0.15, 0.2) is 22.0 Å². The summed E-state index contributed by atoms with van der Waals surface area (Å²) in [6.45, 7) is 0. The second-order valence-electron chi connectivity index (χ2n) is 1.97. The molecule has 0 amide bonds. The molecule has 2 rings (SSSR count). The third kappa shape index (κ3) is 0.923. The minimum atomic E-state index is -0.443. The third-order valence-corrected chi connectivity index (χ3v) is 3.24. The van der Waals surface area contributed by atoms with E-state index in [0.717, 1.165) is 9.81 Å². The Labute approximate surface area is 66.4 Å². The van der Waals surface area contributed by atoms with Crippen molar-refractivity contribution < 1.29 is 9.90 Å². The molecule has 10 heavy (non-hydrogen) atoms. The number of carbonyl (C=O) groups is 1. The summed E-state index contributed by atoms with van der Waals surface area (Å²) in [4.78, 5) is 12.6. The smallest absolute Gasteiger partial charge is 0.218 e. The third-order valence-electron chi connectivity index (χ3n) is 1.24. The van der Waals surface area contributed by atoms with Crippen molar-refractivity contribution in [3.05, 3.63) is 22.0 Å². The topological polar surface area (TPSA) is 37.3 Å². The van der Waals surface area contributed by atoms with Gasteiger partial charge in [0.15, 0.2) is 0 Å². The zero-order chi connectivity index (χ0) is 7.14. The molecule has 0 bridgehead atoms. The number of aliphatic hydroxyl groups is 1.